The van der Waals surface area contributed by atoms with Gasteiger partial charge in [-0.05, 0) is 67.3 Å². The lowest BCUT2D eigenvalue weighted by Crippen LogP contribution is -2.59. The topological polar surface area (TPSA) is 78.9 Å². The first kappa shape index (κ1) is 21.8. The van der Waals surface area contributed by atoms with Gasteiger partial charge in [0.25, 0.3) is 0 Å². The number of carbonyl (C=O) groups is 3. The highest BCUT2D eigenvalue weighted by molar-refractivity contribution is 6.03. The summed E-state index contributed by atoms with van der Waals surface area (Å²) >= 11 is 0. The number of methoxy groups -OCH3 is 2. The van der Waals surface area contributed by atoms with Crippen LogP contribution in [-0.4, -0.2) is 38.7 Å². The lowest BCUT2D eigenvalue weighted by Gasteiger charge is -2.62. The summed E-state index contributed by atoms with van der Waals surface area (Å²) in [5.41, 5.74) is -0.243. The van der Waals surface area contributed by atoms with Gasteiger partial charge in [0.1, 0.15) is 6.61 Å². The first-order valence-corrected chi connectivity index (χ1v) is 10.6. The largest absolute Gasteiger partial charge is 0.508 e. The van der Waals surface area contributed by atoms with E-state index >= 15 is 0 Å². The van der Waals surface area contributed by atoms with Crippen molar-refractivity contribution >= 4 is 17.9 Å². The van der Waals surface area contributed by atoms with E-state index in [-0.39, 0.29) is 29.1 Å². The fraction of sp³-hybridized carbons (Fsp3) is 0.783. The third kappa shape index (κ3) is 3.59. The molecule has 3 aliphatic rings. The van der Waals surface area contributed by atoms with Gasteiger partial charge in [-0.3, -0.25) is 4.79 Å². The van der Waals surface area contributed by atoms with Gasteiger partial charge in [-0.15, -0.1) is 0 Å². The number of ether oxygens (including phenoxy) is 3. The van der Waals surface area contributed by atoms with Crippen molar-refractivity contribution in [3.8, 4) is 0 Å². The number of rotatable bonds is 3. The maximum atomic E-state index is 13.6. The second kappa shape index (κ2) is 7.77. The molecule has 0 radical (unpaired) electrons. The number of hydrogen-bond acceptors (Lipinski definition) is 6. The third-order valence-corrected chi connectivity index (χ3v) is 8.18. The average Bonchev–Trinajstić information content (AvgIpc) is 2.82. The van der Waals surface area contributed by atoms with E-state index in [0.29, 0.717) is 30.8 Å². The first-order chi connectivity index (χ1) is 13.6. The molecule has 2 fully saturated rings. The van der Waals surface area contributed by atoms with Crippen molar-refractivity contribution in [2.75, 3.05) is 20.8 Å². The predicted molar refractivity (Wildman–Crippen MR) is 107 cm³/mol. The molecule has 0 aromatic heterocycles. The number of allylic oxidation sites excluding steroid dienone is 1. The number of fused-ring (bicyclic) bond motifs is 3. The van der Waals surface area contributed by atoms with Crippen molar-refractivity contribution < 1.29 is 28.6 Å². The van der Waals surface area contributed by atoms with E-state index in [1.807, 2.05) is 0 Å². The number of carbonyl (C=O) groups excluding carboxylic acids is 3. The highest BCUT2D eigenvalue weighted by Gasteiger charge is 2.62. The van der Waals surface area contributed by atoms with Crippen LogP contribution in [-0.2, 0) is 23.8 Å². The van der Waals surface area contributed by atoms with Gasteiger partial charge in [0.2, 0.25) is 0 Å². The second-order valence-corrected chi connectivity index (χ2v) is 9.95. The smallest absolute Gasteiger partial charge is 0.466 e. The first-order valence-electron chi connectivity index (χ1n) is 10.6. The van der Waals surface area contributed by atoms with E-state index < -0.39 is 17.5 Å². The second-order valence-electron chi connectivity index (χ2n) is 9.95. The molecular weight excluding hydrogens is 372 g/mol. The Morgan fingerprint density at radius 3 is 2.41 bits per heavy atom. The molecule has 0 saturated heterocycles. The van der Waals surface area contributed by atoms with Gasteiger partial charge >= 0.3 is 12.1 Å². The molecule has 0 aromatic carbocycles. The van der Waals surface area contributed by atoms with Gasteiger partial charge in [0.15, 0.2) is 5.78 Å². The van der Waals surface area contributed by atoms with Crippen molar-refractivity contribution in [1.82, 2.24) is 0 Å². The highest BCUT2D eigenvalue weighted by atomic mass is 16.7. The van der Waals surface area contributed by atoms with Crippen LogP contribution in [0.1, 0.15) is 65.7 Å². The quantitative estimate of drug-likeness (QED) is 0.644. The summed E-state index contributed by atoms with van der Waals surface area (Å²) in [6.45, 7) is 6.98. The maximum Gasteiger partial charge on any atom is 0.508 e. The Morgan fingerprint density at radius 1 is 1.03 bits per heavy atom. The Hall–Kier alpha value is -1.85. The highest BCUT2D eigenvalue weighted by Crippen LogP contribution is 2.66. The lowest BCUT2D eigenvalue weighted by molar-refractivity contribution is -0.166. The van der Waals surface area contributed by atoms with E-state index in [2.05, 4.69) is 25.5 Å². The number of esters is 1. The van der Waals surface area contributed by atoms with Crippen LogP contribution in [0.25, 0.3) is 0 Å². The zero-order valence-corrected chi connectivity index (χ0v) is 18.3. The number of ketones is 1. The standard InChI is InChI=1S/C23H34O6/c1-21(2)10-6-11-22(3)16(21)9-12-23(14-29-20(26)28-5)17(22)8-7-15(13-18(23)24)19(25)27-4/h13,16-17H,6-12,14H2,1-5H3/t16-,17+,22-,23-/m0/s1. The summed E-state index contributed by atoms with van der Waals surface area (Å²) in [4.78, 5) is 37.5. The molecule has 29 heavy (non-hydrogen) atoms. The fourth-order valence-electron chi connectivity index (χ4n) is 6.87. The molecule has 162 valence electrons. The average molecular weight is 407 g/mol. The predicted octanol–water partition coefficient (Wildman–Crippen LogP) is 4.46. The molecule has 4 atom stereocenters. The van der Waals surface area contributed by atoms with Crippen LogP contribution < -0.4 is 0 Å². The Bertz CT molecular complexity index is 723. The zero-order chi connectivity index (χ0) is 21.4. The van der Waals surface area contributed by atoms with Crippen LogP contribution in [0, 0.1) is 28.1 Å². The molecule has 6 nitrogen and oxygen atoms in total. The summed E-state index contributed by atoms with van der Waals surface area (Å²) in [7, 11) is 2.60. The molecule has 0 amide bonds. The SMILES string of the molecule is COC(=O)OC[C@@]12CC[C@H]3C(C)(C)CCC[C@]3(C)[C@H]1CCC(C(=O)OC)=CC2=O. The van der Waals surface area contributed by atoms with Crippen LogP contribution in [0.2, 0.25) is 0 Å². The van der Waals surface area contributed by atoms with Crippen LogP contribution in [0.4, 0.5) is 4.79 Å². The van der Waals surface area contributed by atoms with Crippen LogP contribution in [0.5, 0.6) is 0 Å². The van der Waals surface area contributed by atoms with E-state index in [0.717, 1.165) is 19.3 Å². The van der Waals surface area contributed by atoms with Gasteiger partial charge < -0.3 is 14.2 Å². The minimum absolute atomic E-state index is 0.00311. The van der Waals surface area contributed by atoms with Crippen molar-refractivity contribution in [3.63, 3.8) is 0 Å². The summed E-state index contributed by atoms with van der Waals surface area (Å²) in [6.07, 6.45) is 6.81. The molecule has 0 aromatic rings. The minimum Gasteiger partial charge on any atom is -0.466 e. The Morgan fingerprint density at radius 2 is 1.76 bits per heavy atom. The molecule has 2 saturated carbocycles. The molecule has 0 unspecified atom stereocenters. The maximum absolute atomic E-state index is 13.6. The van der Waals surface area contributed by atoms with Gasteiger partial charge in [-0.25, -0.2) is 9.59 Å². The summed E-state index contributed by atoms with van der Waals surface area (Å²) in [5, 5.41) is 0. The Kier molecular flexibility index (Phi) is 5.85. The number of hydrogen-bond donors (Lipinski definition) is 0. The van der Waals surface area contributed by atoms with E-state index in [1.54, 1.807) is 0 Å². The zero-order valence-electron chi connectivity index (χ0n) is 18.3. The summed E-state index contributed by atoms with van der Waals surface area (Å²) in [6, 6.07) is 0. The summed E-state index contributed by atoms with van der Waals surface area (Å²) in [5.74, 6) is -0.0459. The van der Waals surface area contributed by atoms with Gasteiger partial charge in [0.05, 0.1) is 19.6 Å². The van der Waals surface area contributed by atoms with Gasteiger partial charge in [0, 0.05) is 5.57 Å². The molecule has 0 N–H and O–H groups in total. The lowest BCUT2D eigenvalue weighted by atomic mass is 9.42. The normalized spacial score (nSPS) is 36.0. The Balaban J connectivity index is 2.05. The van der Waals surface area contributed by atoms with Crippen molar-refractivity contribution in [2.24, 2.45) is 28.1 Å². The van der Waals surface area contributed by atoms with Crippen LogP contribution >= 0.6 is 0 Å². The van der Waals surface area contributed by atoms with Crippen molar-refractivity contribution in [1.29, 1.82) is 0 Å². The fourth-order valence-corrected chi connectivity index (χ4v) is 6.87. The van der Waals surface area contributed by atoms with Gasteiger partial charge in [-0.2, -0.15) is 0 Å². The summed E-state index contributed by atoms with van der Waals surface area (Å²) < 4.78 is 14.9. The van der Waals surface area contributed by atoms with Crippen molar-refractivity contribution in [3.05, 3.63) is 11.6 Å². The molecule has 3 aliphatic carbocycles. The molecule has 0 bridgehead atoms. The molecule has 6 heteroatoms. The van der Waals surface area contributed by atoms with Gasteiger partial charge in [-0.1, -0.05) is 27.2 Å². The van der Waals surface area contributed by atoms with E-state index in [4.69, 9.17) is 9.47 Å². The molecule has 0 spiro atoms. The molecule has 0 heterocycles. The molecule has 3 rings (SSSR count). The molecular formula is C23H34O6. The minimum atomic E-state index is -0.817. The monoisotopic (exact) mass is 406 g/mol. The van der Waals surface area contributed by atoms with Crippen molar-refractivity contribution in [2.45, 2.75) is 65.7 Å². The Labute approximate surface area is 173 Å². The molecule has 0 aliphatic heterocycles. The van der Waals surface area contributed by atoms with E-state index in [9.17, 15) is 14.4 Å². The van der Waals surface area contributed by atoms with Crippen LogP contribution in [0.3, 0.4) is 0 Å². The van der Waals surface area contributed by atoms with E-state index in [1.165, 1.54) is 26.7 Å². The third-order valence-electron chi connectivity index (χ3n) is 8.18. The van der Waals surface area contributed by atoms with Crippen LogP contribution in [0.15, 0.2) is 11.6 Å².